The van der Waals surface area contributed by atoms with Crippen molar-refractivity contribution < 1.29 is 8.42 Å². The summed E-state index contributed by atoms with van der Waals surface area (Å²) in [6.45, 7) is 1.93. The number of hydrogen-bond donors (Lipinski definition) is 1. The fourth-order valence-electron chi connectivity index (χ4n) is 2.05. The summed E-state index contributed by atoms with van der Waals surface area (Å²) in [4.78, 5) is 1.19. The highest BCUT2D eigenvalue weighted by Crippen LogP contribution is 2.18. The molecule has 0 saturated carbocycles. The van der Waals surface area contributed by atoms with E-state index in [0.717, 1.165) is 12.0 Å². The zero-order chi connectivity index (χ0) is 15.5. The summed E-state index contributed by atoms with van der Waals surface area (Å²) >= 11 is 1.65. The fourth-order valence-corrected chi connectivity index (χ4v) is 4.32. The minimum atomic E-state index is -3.33. The van der Waals surface area contributed by atoms with Crippen molar-refractivity contribution in [2.75, 3.05) is 12.8 Å². The summed E-state index contributed by atoms with van der Waals surface area (Å²) in [5.74, 6) is -0.00143. The molecule has 0 radical (unpaired) electrons. The molecule has 0 aliphatic rings. The van der Waals surface area contributed by atoms with E-state index in [-0.39, 0.29) is 11.8 Å². The number of hydrogen-bond acceptors (Lipinski definition) is 4. The van der Waals surface area contributed by atoms with E-state index in [1.807, 2.05) is 24.4 Å². The third-order valence-electron chi connectivity index (χ3n) is 3.46. The fraction of sp³-hybridized carbons (Fsp3) is 0.333. The van der Waals surface area contributed by atoms with Gasteiger partial charge in [-0.15, -0.1) is 11.3 Å². The number of nitrogens with zero attached hydrogens (tertiary/aromatic N) is 1. The highest BCUT2D eigenvalue weighted by atomic mass is 32.2. The van der Waals surface area contributed by atoms with Crippen molar-refractivity contribution in [2.45, 2.75) is 25.1 Å². The van der Waals surface area contributed by atoms with Crippen molar-refractivity contribution in [2.24, 2.45) is 0 Å². The Morgan fingerprint density at radius 2 is 1.90 bits per heavy atom. The van der Waals surface area contributed by atoms with E-state index < -0.39 is 10.0 Å². The highest BCUT2D eigenvalue weighted by molar-refractivity contribution is 7.88. The lowest BCUT2D eigenvalue weighted by atomic mass is 10.2. The van der Waals surface area contributed by atoms with Crippen LogP contribution in [0.5, 0.6) is 0 Å². The van der Waals surface area contributed by atoms with E-state index in [9.17, 15) is 8.42 Å². The molecule has 0 spiro atoms. The summed E-state index contributed by atoms with van der Waals surface area (Å²) in [6.07, 6.45) is 0.731. The second-order valence-electron chi connectivity index (χ2n) is 5.15. The predicted molar refractivity (Wildman–Crippen MR) is 88.7 cm³/mol. The van der Waals surface area contributed by atoms with E-state index in [4.69, 9.17) is 5.73 Å². The van der Waals surface area contributed by atoms with Gasteiger partial charge in [-0.1, -0.05) is 18.2 Å². The average molecular weight is 324 g/mol. The van der Waals surface area contributed by atoms with Gasteiger partial charge in [0, 0.05) is 23.7 Å². The van der Waals surface area contributed by atoms with Crippen LogP contribution in [-0.4, -0.2) is 25.8 Å². The third kappa shape index (κ3) is 4.30. The molecule has 1 atom stereocenters. The monoisotopic (exact) mass is 324 g/mol. The third-order valence-corrected chi connectivity index (χ3v) is 6.30. The van der Waals surface area contributed by atoms with Crippen LogP contribution in [-0.2, 0) is 22.2 Å². The molecule has 4 nitrogen and oxygen atoms in total. The minimum Gasteiger partial charge on any atom is -0.399 e. The Bertz CT molecular complexity index is 664. The zero-order valence-electron chi connectivity index (χ0n) is 12.2. The van der Waals surface area contributed by atoms with Crippen molar-refractivity contribution in [3.63, 3.8) is 0 Å². The topological polar surface area (TPSA) is 63.4 Å². The van der Waals surface area contributed by atoms with E-state index in [1.54, 1.807) is 42.6 Å². The van der Waals surface area contributed by atoms with Crippen molar-refractivity contribution in [1.29, 1.82) is 0 Å². The molecule has 0 bridgehead atoms. The van der Waals surface area contributed by atoms with Crippen LogP contribution in [0.2, 0.25) is 0 Å². The smallest absolute Gasteiger partial charge is 0.218 e. The number of benzene rings is 1. The molecule has 0 fully saturated rings. The second kappa shape index (κ2) is 6.60. The first kappa shape index (κ1) is 16.0. The lowest BCUT2D eigenvalue weighted by Crippen LogP contribution is -2.37. The van der Waals surface area contributed by atoms with Gasteiger partial charge in [-0.25, -0.2) is 12.7 Å². The number of likely N-dealkylation sites (N-methyl/N-ethyl adjacent to an activating group) is 1. The predicted octanol–water partition coefficient (Wildman–Crippen LogP) is 2.72. The van der Waals surface area contributed by atoms with Crippen LogP contribution < -0.4 is 5.73 Å². The number of nitrogen functional groups attached to an aromatic ring is 1. The quantitative estimate of drug-likeness (QED) is 0.831. The molecule has 2 rings (SSSR count). The zero-order valence-corrected chi connectivity index (χ0v) is 13.8. The van der Waals surface area contributed by atoms with Crippen LogP contribution in [0.15, 0.2) is 41.8 Å². The normalized spacial score (nSPS) is 13.5. The molecule has 114 valence electrons. The number of rotatable bonds is 6. The molecular weight excluding hydrogens is 304 g/mol. The standard InChI is InChI=1S/C15H20N2O2S2/c1-12(10-15-4-3-9-20-15)17(2)21(18,19)11-13-5-7-14(16)8-6-13/h3-9,12H,10-11,16H2,1-2H3. The van der Waals surface area contributed by atoms with Gasteiger partial charge in [-0.3, -0.25) is 0 Å². The van der Waals surface area contributed by atoms with Crippen LogP contribution in [0, 0.1) is 0 Å². The molecule has 2 aromatic rings. The molecule has 6 heteroatoms. The second-order valence-corrected chi connectivity index (χ2v) is 8.21. The Balaban J connectivity index is 2.05. The van der Waals surface area contributed by atoms with E-state index >= 15 is 0 Å². The number of thiophene rings is 1. The Labute approximate surface area is 130 Å². The molecule has 2 N–H and O–H groups in total. The van der Waals surface area contributed by atoms with E-state index in [0.29, 0.717) is 5.69 Å². The molecule has 0 aliphatic carbocycles. The van der Waals surface area contributed by atoms with Crippen LogP contribution in [0.4, 0.5) is 5.69 Å². The molecule has 0 aliphatic heterocycles. The molecule has 1 heterocycles. The lowest BCUT2D eigenvalue weighted by molar-refractivity contribution is 0.388. The Morgan fingerprint density at radius 3 is 2.48 bits per heavy atom. The van der Waals surface area contributed by atoms with Gasteiger partial charge in [-0.05, 0) is 42.5 Å². The Morgan fingerprint density at radius 1 is 1.24 bits per heavy atom. The molecule has 1 aromatic heterocycles. The SMILES string of the molecule is CC(Cc1cccs1)N(C)S(=O)(=O)Cc1ccc(N)cc1. The van der Waals surface area contributed by atoms with Gasteiger partial charge in [0.05, 0.1) is 5.75 Å². The first-order valence-corrected chi connectivity index (χ1v) is 9.20. The van der Waals surface area contributed by atoms with Crippen molar-refractivity contribution in [3.05, 3.63) is 52.2 Å². The number of anilines is 1. The van der Waals surface area contributed by atoms with Gasteiger partial charge in [0.2, 0.25) is 10.0 Å². The first-order valence-electron chi connectivity index (χ1n) is 6.71. The van der Waals surface area contributed by atoms with Gasteiger partial charge in [0.15, 0.2) is 0 Å². The summed E-state index contributed by atoms with van der Waals surface area (Å²) < 4.78 is 26.4. The Kier molecular flexibility index (Phi) is 5.03. The van der Waals surface area contributed by atoms with Crippen LogP contribution in [0.3, 0.4) is 0 Å². The van der Waals surface area contributed by atoms with Gasteiger partial charge < -0.3 is 5.73 Å². The van der Waals surface area contributed by atoms with Crippen LogP contribution in [0.25, 0.3) is 0 Å². The molecule has 0 saturated heterocycles. The summed E-state index contributed by atoms with van der Waals surface area (Å²) in [6, 6.07) is 10.9. The summed E-state index contributed by atoms with van der Waals surface area (Å²) in [7, 11) is -1.69. The van der Waals surface area contributed by atoms with Gasteiger partial charge in [0.1, 0.15) is 0 Å². The average Bonchev–Trinajstić information content (AvgIpc) is 2.93. The summed E-state index contributed by atoms with van der Waals surface area (Å²) in [5.41, 5.74) is 7.00. The van der Waals surface area contributed by atoms with Gasteiger partial charge in [0.25, 0.3) is 0 Å². The van der Waals surface area contributed by atoms with Gasteiger partial charge in [-0.2, -0.15) is 0 Å². The number of nitrogens with two attached hydrogens (primary N) is 1. The molecule has 1 aromatic carbocycles. The maximum absolute atomic E-state index is 12.5. The largest absolute Gasteiger partial charge is 0.399 e. The van der Waals surface area contributed by atoms with Crippen molar-refractivity contribution in [1.82, 2.24) is 4.31 Å². The van der Waals surface area contributed by atoms with Crippen molar-refractivity contribution >= 4 is 27.0 Å². The first-order chi connectivity index (χ1) is 9.88. The van der Waals surface area contributed by atoms with Crippen molar-refractivity contribution in [3.8, 4) is 0 Å². The van der Waals surface area contributed by atoms with Crippen LogP contribution >= 0.6 is 11.3 Å². The molecule has 21 heavy (non-hydrogen) atoms. The highest BCUT2D eigenvalue weighted by Gasteiger charge is 2.23. The lowest BCUT2D eigenvalue weighted by Gasteiger charge is -2.24. The van der Waals surface area contributed by atoms with E-state index in [1.165, 1.54) is 9.18 Å². The molecular formula is C15H20N2O2S2. The molecule has 1 unspecified atom stereocenters. The van der Waals surface area contributed by atoms with Crippen LogP contribution in [0.1, 0.15) is 17.4 Å². The maximum atomic E-state index is 12.5. The Hall–Kier alpha value is -1.37. The van der Waals surface area contributed by atoms with E-state index in [2.05, 4.69) is 0 Å². The van der Waals surface area contributed by atoms with Gasteiger partial charge >= 0.3 is 0 Å². The maximum Gasteiger partial charge on any atom is 0.218 e. The minimum absolute atomic E-state index is 0.00143. The summed E-state index contributed by atoms with van der Waals surface area (Å²) in [5, 5.41) is 2.00. The molecule has 0 amide bonds. The number of sulfonamides is 1.